The molecule has 2 aliphatic heterocycles. The summed E-state index contributed by atoms with van der Waals surface area (Å²) in [4.78, 5) is 27.5. The van der Waals surface area contributed by atoms with Gasteiger partial charge in [-0.3, -0.25) is 9.59 Å². The lowest BCUT2D eigenvalue weighted by Crippen LogP contribution is -2.45. The van der Waals surface area contributed by atoms with E-state index in [1.54, 1.807) is 30.3 Å². The zero-order chi connectivity index (χ0) is 29.5. The number of hydrogen-bond acceptors (Lipinski definition) is 6. The van der Waals surface area contributed by atoms with Crippen LogP contribution in [-0.4, -0.2) is 47.4 Å². The topological polar surface area (TPSA) is 88.1 Å². The molecule has 0 radical (unpaired) electrons. The normalized spacial score (nSPS) is 23.5. The maximum absolute atomic E-state index is 13.2. The Morgan fingerprint density at radius 1 is 0.857 bits per heavy atom. The van der Waals surface area contributed by atoms with Gasteiger partial charge in [0.25, 0.3) is 5.91 Å². The van der Waals surface area contributed by atoms with Crippen molar-refractivity contribution in [2.75, 3.05) is 25.0 Å². The highest BCUT2D eigenvalue weighted by atomic mass is 16.7. The van der Waals surface area contributed by atoms with Crippen molar-refractivity contribution in [2.45, 2.75) is 71.1 Å². The summed E-state index contributed by atoms with van der Waals surface area (Å²) in [6.45, 7) is 6.68. The molecular weight excluding hydrogens is 528 g/mol. The van der Waals surface area contributed by atoms with Crippen molar-refractivity contribution in [1.29, 1.82) is 0 Å². The van der Waals surface area contributed by atoms with Gasteiger partial charge in [-0.15, -0.1) is 0 Å². The number of aliphatic hydroxyl groups excluding tert-OH is 1. The Kier molecular flexibility index (Phi) is 10.2. The van der Waals surface area contributed by atoms with Crippen LogP contribution in [0.3, 0.4) is 0 Å². The molecule has 1 amide bonds. The van der Waals surface area contributed by atoms with Crippen molar-refractivity contribution in [3.8, 4) is 0 Å². The average molecular weight is 571 g/mol. The maximum atomic E-state index is 13.2. The average Bonchev–Trinajstić information content (AvgIpc) is 2.99. The zero-order valence-corrected chi connectivity index (χ0v) is 24.6. The maximum Gasteiger partial charge on any atom is 0.255 e. The minimum absolute atomic E-state index is 0.00141. The Morgan fingerprint density at radius 3 is 2.26 bits per heavy atom. The third-order valence-electron chi connectivity index (χ3n) is 8.46. The van der Waals surface area contributed by atoms with Crippen molar-refractivity contribution in [3.63, 3.8) is 0 Å². The number of benzene rings is 3. The summed E-state index contributed by atoms with van der Waals surface area (Å²) in [5.74, 6) is -0.221. The number of nitrogens with zero attached hydrogens (tertiary/aromatic N) is 1. The van der Waals surface area contributed by atoms with E-state index in [0.717, 1.165) is 36.3 Å². The van der Waals surface area contributed by atoms with Crippen molar-refractivity contribution in [2.24, 2.45) is 5.92 Å². The standard InChI is InChI=1S/C35H42N2O5/c1-24-32(22-37-18-6-4-3-5-7-19-37)41-35(42-33(24)27-16-14-26(23-38)15-17-27)30-12-8-11-29(20-30)34(40)36-31-13-9-10-28(21-31)25(2)39/h8-17,20-21,24,32-33,35,38H,3-7,18-19,22-23H2,1-2H3,(H,36,40). The minimum atomic E-state index is -0.641. The van der Waals surface area contributed by atoms with E-state index in [0.29, 0.717) is 16.8 Å². The van der Waals surface area contributed by atoms with Crippen LogP contribution in [0.4, 0.5) is 5.69 Å². The van der Waals surface area contributed by atoms with Crippen LogP contribution in [0.25, 0.3) is 0 Å². The van der Waals surface area contributed by atoms with E-state index in [4.69, 9.17) is 9.47 Å². The number of amides is 1. The third kappa shape index (κ3) is 7.53. The Bertz CT molecular complexity index is 1350. The molecule has 0 bridgehead atoms. The molecule has 0 spiro atoms. The predicted octanol–water partition coefficient (Wildman–Crippen LogP) is 6.69. The Hall–Kier alpha value is -3.36. The van der Waals surface area contributed by atoms with E-state index < -0.39 is 6.29 Å². The van der Waals surface area contributed by atoms with E-state index >= 15 is 0 Å². The first kappa shape index (κ1) is 30.1. The largest absolute Gasteiger partial charge is 0.392 e. The summed E-state index contributed by atoms with van der Waals surface area (Å²) < 4.78 is 13.3. The molecular formula is C35H42N2O5. The van der Waals surface area contributed by atoms with Gasteiger partial charge in [-0.25, -0.2) is 0 Å². The fourth-order valence-corrected chi connectivity index (χ4v) is 5.92. The number of anilines is 1. The molecule has 0 aromatic heterocycles. The van der Waals surface area contributed by atoms with E-state index in [-0.39, 0.29) is 36.4 Å². The first-order valence-electron chi connectivity index (χ1n) is 15.2. The first-order chi connectivity index (χ1) is 20.4. The first-order valence-corrected chi connectivity index (χ1v) is 15.2. The van der Waals surface area contributed by atoms with Crippen LogP contribution in [0, 0.1) is 5.92 Å². The SMILES string of the molecule is CC(=O)c1cccc(NC(=O)c2cccc(C3OC(CN4CCCCCCC4)C(C)C(c4ccc(CO)cc4)O3)c2)c1. The van der Waals surface area contributed by atoms with Crippen LogP contribution >= 0.6 is 0 Å². The number of ether oxygens (including phenoxy) is 2. The summed E-state index contributed by atoms with van der Waals surface area (Å²) in [5.41, 5.74) is 4.28. The highest BCUT2D eigenvalue weighted by Gasteiger charge is 2.39. The molecule has 2 saturated heterocycles. The number of carbonyl (C=O) groups is 2. The summed E-state index contributed by atoms with van der Waals surface area (Å²) in [5, 5.41) is 12.5. The van der Waals surface area contributed by atoms with Crippen LogP contribution in [0.5, 0.6) is 0 Å². The quantitative estimate of drug-likeness (QED) is 0.293. The van der Waals surface area contributed by atoms with E-state index in [9.17, 15) is 14.7 Å². The summed E-state index contributed by atoms with van der Waals surface area (Å²) in [7, 11) is 0. The number of likely N-dealkylation sites (tertiary alicyclic amines) is 1. The summed E-state index contributed by atoms with van der Waals surface area (Å²) in [6.07, 6.45) is 5.38. The molecule has 7 heteroatoms. The molecule has 2 fully saturated rings. The van der Waals surface area contributed by atoms with Crippen LogP contribution in [-0.2, 0) is 16.1 Å². The third-order valence-corrected chi connectivity index (χ3v) is 8.46. The number of hydrogen-bond donors (Lipinski definition) is 2. The Balaban J connectivity index is 1.38. The monoisotopic (exact) mass is 570 g/mol. The smallest absolute Gasteiger partial charge is 0.255 e. The molecule has 222 valence electrons. The van der Waals surface area contributed by atoms with E-state index in [1.807, 2.05) is 42.5 Å². The predicted molar refractivity (Wildman–Crippen MR) is 163 cm³/mol. The molecule has 42 heavy (non-hydrogen) atoms. The lowest BCUT2D eigenvalue weighted by atomic mass is 9.89. The zero-order valence-electron chi connectivity index (χ0n) is 24.6. The minimum Gasteiger partial charge on any atom is -0.392 e. The van der Waals surface area contributed by atoms with Crippen LogP contribution in [0.15, 0.2) is 72.8 Å². The number of rotatable bonds is 8. The molecule has 4 atom stereocenters. The van der Waals surface area contributed by atoms with Gasteiger partial charge in [0.15, 0.2) is 12.1 Å². The molecule has 4 unspecified atom stereocenters. The van der Waals surface area contributed by atoms with E-state index in [1.165, 1.54) is 39.0 Å². The lowest BCUT2D eigenvalue weighted by Gasteiger charge is -2.43. The van der Waals surface area contributed by atoms with Gasteiger partial charge in [0.05, 0.1) is 18.8 Å². The number of Topliss-reactive ketones (excluding diaryl/α,β-unsaturated/α-hetero) is 1. The molecule has 2 heterocycles. The van der Waals surface area contributed by atoms with Crippen molar-refractivity contribution < 1.29 is 24.2 Å². The number of ketones is 1. The lowest BCUT2D eigenvalue weighted by molar-refractivity contribution is -0.276. The second kappa shape index (κ2) is 14.2. The molecule has 3 aromatic rings. The van der Waals surface area contributed by atoms with Crippen molar-refractivity contribution in [3.05, 3.63) is 101 Å². The molecule has 0 aliphatic carbocycles. The van der Waals surface area contributed by atoms with Crippen LogP contribution < -0.4 is 5.32 Å². The van der Waals surface area contributed by atoms with E-state index in [2.05, 4.69) is 17.1 Å². The van der Waals surface area contributed by atoms with Gasteiger partial charge >= 0.3 is 0 Å². The molecule has 2 aliphatic rings. The van der Waals surface area contributed by atoms with Gasteiger partial charge in [-0.1, -0.05) is 74.7 Å². The summed E-state index contributed by atoms with van der Waals surface area (Å²) in [6, 6.07) is 22.2. The summed E-state index contributed by atoms with van der Waals surface area (Å²) >= 11 is 0. The number of nitrogens with one attached hydrogen (secondary N) is 1. The Labute approximate surface area is 248 Å². The second-order valence-corrected chi connectivity index (χ2v) is 11.6. The number of aliphatic hydroxyl groups is 1. The van der Waals surface area contributed by atoms with Gasteiger partial charge in [0.2, 0.25) is 0 Å². The van der Waals surface area contributed by atoms with Gasteiger partial charge in [0.1, 0.15) is 0 Å². The Morgan fingerprint density at radius 2 is 1.55 bits per heavy atom. The van der Waals surface area contributed by atoms with Crippen LogP contribution in [0.1, 0.15) is 95.8 Å². The highest BCUT2D eigenvalue weighted by Crippen LogP contribution is 2.42. The highest BCUT2D eigenvalue weighted by molar-refractivity contribution is 6.05. The molecule has 0 saturated carbocycles. The van der Waals surface area contributed by atoms with Gasteiger partial charge in [-0.2, -0.15) is 0 Å². The van der Waals surface area contributed by atoms with Gasteiger partial charge < -0.3 is 24.8 Å². The van der Waals surface area contributed by atoms with Crippen LogP contribution in [0.2, 0.25) is 0 Å². The fourth-order valence-electron chi connectivity index (χ4n) is 5.92. The number of carbonyl (C=O) groups excluding carboxylic acids is 2. The van der Waals surface area contributed by atoms with Gasteiger partial charge in [-0.05, 0) is 68.2 Å². The van der Waals surface area contributed by atoms with Crippen molar-refractivity contribution in [1.82, 2.24) is 4.90 Å². The molecule has 3 aromatic carbocycles. The fraction of sp³-hybridized carbons (Fsp3) is 0.429. The molecule has 7 nitrogen and oxygen atoms in total. The van der Waals surface area contributed by atoms with Crippen molar-refractivity contribution >= 4 is 17.4 Å². The molecule has 2 N–H and O–H groups in total. The second-order valence-electron chi connectivity index (χ2n) is 11.6. The molecule has 5 rings (SSSR count). The van der Waals surface area contributed by atoms with Gasteiger partial charge in [0, 0.05) is 34.8 Å².